The number of fused-ring (bicyclic) bond motifs is 1. The highest BCUT2D eigenvalue weighted by Crippen LogP contribution is 2.31. The number of nitrogens with zero attached hydrogens (tertiary/aromatic N) is 2. The molecule has 0 bridgehead atoms. The van der Waals surface area contributed by atoms with E-state index in [9.17, 15) is 0 Å². The molecule has 3 rings (SSSR count). The van der Waals surface area contributed by atoms with E-state index in [0.717, 1.165) is 36.6 Å². The standard InChI is InChI=1S/C18H23N3/c1-5-19-17-14-7-6-8-16(14)20-18(21-17)15-10-12(3)11(2)9-13(15)4/h9-10H,5-8H2,1-4H3,(H,19,20,21). The van der Waals surface area contributed by atoms with Gasteiger partial charge in [0, 0.05) is 23.4 Å². The number of rotatable bonds is 3. The van der Waals surface area contributed by atoms with Gasteiger partial charge in [0.2, 0.25) is 0 Å². The summed E-state index contributed by atoms with van der Waals surface area (Å²) in [6.07, 6.45) is 3.37. The number of aryl methyl sites for hydroxylation is 4. The van der Waals surface area contributed by atoms with Crippen LogP contribution in [0.15, 0.2) is 12.1 Å². The molecule has 1 heterocycles. The predicted octanol–water partition coefficient (Wildman–Crippen LogP) is 3.99. The van der Waals surface area contributed by atoms with Gasteiger partial charge in [0.15, 0.2) is 5.82 Å². The molecule has 0 aliphatic heterocycles. The summed E-state index contributed by atoms with van der Waals surface area (Å²) in [5.41, 5.74) is 7.58. The molecule has 0 saturated heterocycles. The average Bonchev–Trinajstić information content (AvgIpc) is 2.91. The van der Waals surface area contributed by atoms with Gasteiger partial charge in [-0.15, -0.1) is 0 Å². The maximum Gasteiger partial charge on any atom is 0.162 e. The van der Waals surface area contributed by atoms with Crippen molar-refractivity contribution in [1.82, 2.24) is 9.97 Å². The Morgan fingerprint density at radius 2 is 1.76 bits per heavy atom. The van der Waals surface area contributed by atoms with Crippen LogP contribution in [0.3, 0.4) is 0 Å². The molecule has 110 valence electrons. The normalized spacial score (nSPS) is 13.3. The zero-order valence-corrected chi connectivity index (χ0v) is 13.4. The lowest BCUT2D eigenvalue weighted by Gasteiger charge is -2.13. The van der Waals surface area contributed by atoms with Gasteiger partial charge in [0.05, 0.1) is 0 Å². The lowest BCUT2D eigenvalue weighted by atomic mass is 10.00. The third-order valence-corrected chi connectivity index (χ3v) is 4.36. The van der Waals surface area contributed by atoms with Crippen LogP contribution in [-0.4, -0.2) is 16.5 Å². The number of aromatic nitrogens is 2. The minimum absolute atomic E-state index is 0.868. The van der Waals surface area contributed by atoms with Crippen molar-refractivity contribution < 1.29 is 0 Å². The third kappa shape index (κ3) is 2.53. The van der Waals surface area contributed by atoms with Crippen molar-refractivity contribution in [3.8, 4) is 11.4 Å². The summed E-state index contributed by atoms with van der Waals surface area (Å²) in [5, 5.41) is 3.41. The third-order valence-electron chi connectivity index (χ3n) is 4.36. The van der Waals surface area contributed by atoms with Crippen LogP contribution < -0.4 is 5.32 Å². The second-order valence-corrected chi connectivity index (χ2v) is 5.96. The molecular weight excluding hydrogens is 258 g/mol. The molecule has 3 nitrogen and oxygen atoms in total. The Morgan fingerprint density at radius 1 is 1.00 bits per heavy atom. The van der Waals surface area contributed by atoms with Crippen molar-refractivity contribution in [2.24, 2.45) is 0 Å². The first-order valence-electron chi connectivity index (χ1n) is 7.82. The molecule has 1 N–H and O–H groups in total. The number of hydrogen-bond acceptors (Lipinski definition) is 3. The summed E-state index contributed by atoms with van der Waals surface area (Å²) in [7, 11) is 0. The van der Waals surface area contributed by atoms with E-state index < -0.39 is 0 Å². The Morgan fingerprint density at radius 3 is 2.52 bits per heavy atom. The summed E-state index contributed by atoms with van der Waals surface area (Å²) in [6.45, 7) is 9.46. The van der Waals surface area contributed by atoms with Gasteiger partial charge in [-0.3, -0.25) is 0 Å². The van der Waals surface area contributed by atoms with Gasteiger partial charge in [-0.05, 0) is 69.7 Å². The SMILES string of the molecule is CCNc1nc(-c2cc(C)c(C)cc2C)nc2c1CCC2. The first kappa shape index (κ1) is 14.1. The van der Waals surface area contributed by atoms with E-state index >= 15 is 0 Å². The summed E-state index contributed by atoms with van der Waals surface area (Å²) < 4.78 is 0. The molecule has 1 aromatic carbocycles. The van der Waals surface area contributed by atoms with Crippen molar-refractivity contribution in [3.63, 3.8) is 0 Å². The van der Waals surface area contributed by atoms with Crippen LogP contribution in [0.1, 0.15) is 41.3 Å². The molecule has 0 fully saturated rings. The highest BCUT2D eigenvalue weighted by Gasteiger charge is 2.20. The van der Waals surface area contributed by atoms with Gasteiger partial charge in [-0.1, -0.05) is 6.07 Å². The first-order chi connectivity index (χ1) is 10.1. The Kier molecular flexibility index (Phi) is 3.66. The molecule has 0 saturated carbocycles. The van der Waals surface area contributed by atoms with Crippen LogP contribution in [-0.2, 0) is 12.8 Å². The van der Waals surface area contributed by atoms with Crippen LogP contribution in [0.2, 0.25) is 0 Å². The fraction of sp³-hybridized carbons (Fsp3) is 0.444. The average molecular weight is 281 g/mol. The lowest BCUT2D eigenvalue weighted by Crippen LogP contribution is -2.07. The summed E-state index contributed by atoms with van der Waals surface area (Å²) in [6, 6.07) is 4.45. The van der Waals surface area contributed by atoms with E-state index in [1.807, 2.05) is 0 Å². The van der Waals surface area contributed by atoms with Crippen molar-refractivity contribution in [2.75, 3.05) is 11.9 Å². The zero-order chi connectivity index (χ0) is 15.0. The zero-order valence-electron chi connectivity index (χ0n) is 13.4. The van der Waals surface area contributed by atoms with Gasteiger partial charge < -0.3 is 5.32 Å². The molecule has 1 aliphatic rings. The second-order valence-electron chi connectivity index (χ2n) is 5.96. The Balaban J connectivity index is 2.15. The predicted molar refractivity (Wildman–Crippen MR) is 87.9 cm³/mol. The van der Waals surface area contributed by atoms with Crippen molar-refractivity contribution in [2.45, 2.75) is 47.0 Å². The molecule has 0 atom stereocenters. The fourth-order valence-electron chi connectivity index (χ4n) is 3.07. The largest absolute Gasteiger partial charge is 0.370 e. The Bertz CT molecular complexity index is 689. The van der Waals surface area contributed by atoms with Gasteiger partial charge >= 0.3 is 0 Å². The Labute approximate surface area is 126 Å². The Hall–Kier alpha value is -1.90. The van der Waals surface area contributed by atoms with Gasteiger partial charge in [-0.25, -0.2) is 9.97 Å². The van der Waals surface area contributed by atoms with Crippen molar-refractivity contribution in [1.29, 1.82) is 0 Å². The molecule has 1 aromatic heterocycles. The van der Waals surface area contributed by atoms with Crippen LogP contribution in [0.4, 0.5) is 5.82 Å². The van der Waals surface area contributed by atoms with Crippen LogP contribution in [0.5, 0.6) is 0 Å². The van der Waals surface area contributed by atoms with Crippen LogP contribution >= 0.6 is 0 Å². The second kappa shape index (κ2) is 5.47. The molecule has 1 aliphatic carbocycles. The molecule has 0 radical (unpaired) electrons. The highest BCUT2D eigenvalue weighted by molar-refractivity contribution is 5.65. The molecule has 3 heteroatoms. The molecule has 0 unspecified atom stereocenters. The number of anilines is 1. The minimum Gasteiger partial charge on any atom is -0.370 e. The first-order valence-corrected chi connectivity index (χ1v) is 7.82. The minimum atomic E-state index is 0.868. The quantitative estimate of drug-likeness (QED) is 0.924. The summed E-state index contributed by atoms with van der Waals surface area (Å²) >= 11 is 0. The molecular formula is C18H23N3. The highest BCUT2D eigenvalue weighted by atomic mass is 15.0. The van der Waals surface area contributed by atoms with E-state index in [2.05, 4.69) is 45.1 Å². The number of hydrogen-bond donors (Lipinski definition) is 1. The van der Waals surface area contributed by atoms with Crippen LogP contribution in [0, 0.1) is 20.8 Å². The van der Waals surface area contributed by atoms with E-state index in [1.165, 1.54) is 34.4 Å². The van der Waals surface area contributed by atoms with E-state index in [0.29, 0.717) is 0 Å². The van der Waals surface area contributed by atoms with Gasteiger partial charge in [0.25, 0.3) is 0 Å². The van der Waals surface area contributed by atoms with Crippen LogP contribution in [0.25, 0.3) is 11.4 Å². The monoisotopic (exact) mass is 281 g/mol. The summed E-state index contributed by atoms with van der Waals surface area (Å²) in [5.74, 6) is 1.90. The van der Waals surface area contributed by atoms with Crippen molar-refractivity contribution >= 4 is 5.82 Å². The lowest BCUT2D eigenvalue weighted by molar-refractivity contribution is 0.899. The smallest absolute Gasteiger partial charge is 0.162 e. The molecule has 0 spiro atoms. The summed E-state index contributed by atoms with van der Waals surface area (Å²) in [4.78, 5) is 9.66. The van der Waals surface area contributed by atoms with E-state index in [-0.39, 0.29) is 0 Å². The maximum absolute atomic E-state index is 4.85. The van der Waals surface area contributed by atoms with Crippen molar-refractivity contribution in [3.05, 3.63) is 40.1 Å². The van der Waals surface area contributed by atoms with Gasteiger partial charge in [-0.2, -0.15) is 0 Å². The number of nitrogens with one attached hydrogen (secondary N) is 1. The van der Waals surface area contributed by atoms with Gasteiger partial charge in [0.1, 0.15) is 5.82 Å². The fourth-order valence-corrected chi connectivity index (χ4v) is 3.07. The molecule has 21 heavy (non-hydrogen) atoms. The van der Waals surface area contributed by atoms with E-state index in [4.69, 9.17) is 9.97 Å². The van der Waals surface area contributed by atoms with E-state index in [1.54, 1.807) is 0 Å². The topological polar surface area (TPSA) is 37.8 Å². The molecule has 0 amide bonds. The number of benzene rings is 1. The maximum atomic E-state index is 4.85. The molecule has 2 aromatic rings.